The summed E-state index contributed by atoms with van der Waals surface area (Å²) in [4.78, 5) is 0. The molecule has 0 fully saturated rings. The zero-order chi connectivity index (χ0) is 10.8. The Morgan fingerprint density at radius 2 is 2.00 bits per heavy atom. The van der Waals surface area contributed by atoms with Crippen LogP contribution < -0.4 is 5.73 Å². The van der Waals surface area contributed by atoms with Gasteiger partial charge in [-0.25, -0.2) is 0 Å². The van der Waals surface area contributed by atoms with Gasteiger partial charge in [0.15, 0.2) is 0 Å². The van der Waals surface area contributed by atoms with E-state index < -0.39 is 0 Å². The van der Waals surface area contributed by atoms with Crippen LogP contribution in [-0.4, -0.2) is 10.2 Å². The Balaban J connectivity index is 2.45. The number of hydrogen-bond acceptors (Lipinski definition) is 2. The average molecular weight is 287 g/mol. The maximum absolute atomic E-state index is 5.81. The number of nitrogens with one attached hydrogen (secondary N) is 1. The summed E-state index contributed by atoms with van der Waals surface area (Å²) in [5.41, 5.74) is 8.29. The first kappa shape index (κ1) is 10.7. The van der Waals surface area contributed by atoms with Gasteiger partial charge in [-0.1, -0.05) is 23.7 Å². The topological polar surface area (TPSA) is 54.7 Å². The van der Waals surface area contributed by atoms with Gasteiger partial charge in [-0.15, -0.1) is 0 Å². The number of rotatable bonds is 2. The minimum absolute atomic E-state index is 0.432. The fourth-order valence-corrected chi connectivity index (χ4v) is 1.99. The summed E-state index contributed by atoms with van der Waals surface area (Å²) in [6, 6.07) is 7.51. The van der Waals surface area contributed by atoms with E-state index in [2.05, 4.69) is 26.1 Å². The number of nitrogens with two attached hydrogens (primary N) is 1. The number of H-pyrrole nitrogens is 1. The van der Waals surface area contributed by atoms with E-state index in [0.717, 1.165) is 21.4 Å². The van der Waals surface area contributed by atoms with E-state index in [1.807, 2.05) is 24.3 Å². The van der Waals surface area contributed by atoms with Crippen molar-refractivity contribution in [3.63, 3.8) is 0 Å². The number of nitrogens with zero attached hydrogens (tertiary/aromatic N) is 1. The van der Waals surface area contributed by atoms with E-state index in [4.69, 9.17) is 17.3 Å². The number of benzene rings is 1. The molecule has 0 unspecified atom stereocenters. The molecule has 0 spiro atoms. The molecule has 0 bridgehead atoms. The molecule has 0 atom stereocenters. The Kier molecular flexibility index (Phi) is 3.09. The van der Waals surface area contributed by atoms with Crippen LogP contribution in [0, 0.1) is 0 Å². The van der Waals surface area contributed by atoms with Gasteiger partial charge in [0.1, 0.15) is 5.69 Å². The fourth-order valence-electron chi connectivity index (χ4n) is 1.30. The van der Waals surface area contributed by atoms with Crippen LogP contribution >= 0.6 is 27.5 Å². The van der Waals surface area contributed by atoms with E-state index in [0.29, 0.717) is 11.6 Å². The third-order valence-electron chi connectivity index (χ3n) is 2.10. The van der Waals surface area contributed by atoms with Crippen molar-refractivity contribution in [1.82, 2.24) is 10.2 Å². The molecule has 1 aromatic carbocycles. The molecule has 0 aliphatic rings. The predicted molar refractivity (Wildman–Crippen MR) is 64.6 cm³/mol. The standard InChI is InChI=1S/C10H9BrClN3/c11-9-8(5-13)14-15-10(9)6-1-3-7(12)4-2-6/h1-4H,5,13H2,(H,14,15). The van der Waals surface area contributed by atoms with Crippen molar-refractivity contribution in [2.24, 2.45) is 5.73 Å². The molecule has 0 saturated carbocycles. The predicted octanol–water partition coefficient (Wildman–Crippen LogP) is 2.95. The number of aromatic nitrogens is 2. The smallest absolute Gasteiger partial charge is 0.107 e. The Morgan fingerprint density at radius 3 is 2.53 bits per heavy atom. The molecule has 15 heavy (non-hydrogen) atoms. The number of halogens is 2. The lowest BCUT2D eigenvalue weighted by Gasteiger charge is -1.98. The summed E-state index contributed by atoms with van der Waals surface area (Å²) in [5.74, 6) is 0. The van der Waals surface area contributed by atoms with Gasteiger partial charge in [0.25, 0.3) is 0 Å². The molecule has 2 rings (SSSR count). The highest BCUT2D eigenvalue weighted by Crippen LogP contribution is 2.29. The molecular formula is C10H9BrClN3. The molecule has 3 N–H and O–H groups in total. The second-order valence-electron chi connectivity index (χ2n) is 3.08. The van der Waals surface area contributed by atoms with Crippen LogP contribution in [0.25, 0.3) is 11.3 Å². The molecule has 0 amide bonds. The summed E-state index contributed by atoms with van der Waals surface area (Å²) < 4.78 is 0.910. The van der Waals surface area contributed by atoms with Gasteiger partial charge in [0.2, 0.25) is 0 Å². The molecule has 5 heteroatoms. The lowest BCUT2D eigenvalue weighted by Crippen LogP contribution is -1.96. The number of hydrogen-bond donors (Lipinski definition) is 2. The van der Waals surface area contributed by atoms with Gasteiger partial charge < -0.3 is 5.73 Å². The molecule has 0 aliphatic carbocycles. The second-order valence-corrected chi connectivity index (χ2v) is 4.31. The zero-order valence-corrected chi connectivity index (χ0v) is 10.1. The van der Waals surface area contributed by atoms with Crippen LogP contribution in [0.5, 0.6) is 0 Å². The van der Waals surface area contributed by atoms with Crippen molar-refractivity contribution in [3.05, 3.63) is 39.5 Å². The average Bonchev–Trinajstić information content (AvgIpc) is 2.61. The van der Waals surface area contributed by atoms with E-state index in [-0.39, 0.29) is 0 Å². The molecule has 3 nitrogen and oxygen atoms in total. The van der Waals surface area contributed by atoms with Gasteiger partial charge in [0, 0.05) is 17.1 Å². The summed E-state index contributed by atoms with van der Waals surface area (Å²) in [7, 11) is 0. The van der Waals surface area contributed by atoms with Crippen molar-refractivity contribution in [2.75, 3.05) is 0 Å². The first-order chi connectivity index (χ1) is 7.22. The lowest BCUT2D eigenvalue weighted by molar-refractivity contribution is 0.945. The van der Waals surface area contributed by atoms with Gasteiger partial charge in [-0.2, -0.15) is 5.10 Å². The normalized spacial score (nSPS) is 10.6. The maximum Gasteiger partial charge on any atom is 0.107 e. The lowest BCUT2D eigenvalue weighted by atomic mass is 10.1. The van der Waals surface area contributed by atoms with Crippen molar-refractivity contribution >= 4 is 27.5 Å². The van der Waals surface area contributed by atoms with Crippen LogP contribution in [-0.2, 0) is 6.54 Å². The maximum atomic E-state index is 5.81. The Morgan fingerprint density at radius 1 is 1.33 bits per heavy atom. The van der Waals surface area contributed by atoms with Crippen molar-refractivity contribution < 1.29 is 0 Å². The summed E-state index contributed by atoms with van der Waals surface area (Å²) in [6.07, 6.45) is 0. The highest BCUT2D eigenvalue weighted by molar-refractivity contribution is 9.10. The van der Waals surface area contributed by atoms with Crippen molar-refractivity contribution in [3.8, 4) is 11.3 Å². The summed E-state index contributed by atoms with van der Waals surface area (Å²) in [6.45, 7) is 0.432. The van der Waals surface area contributed by atoms with E-state index in [1.54, 1.807) is 0 Å². The SMILES string of the molecule is NCc1[nH]nc(-c2ccc(Cl)cc2)c1Br. The van der Waals surface area contributed by atoms with Crippen LogP contribution in [0.15, 0.2) is 28.7 Å². The summed E-state index contributed by atoms with van der Waals surface area (Å²) >= 11 is 9.27. The Labute approximate surface area is 101 Å². The fraction of sp³-hybridized carbons (Fsp3) is 0.100. The van der Waals surface area contributed by atoms with Crippen LogP contribution in [0.4, 0.5) is 0 Å². The monoisotopic (exact) mass is 285 g/mol. The van der Waals surface area contributed by atoms with Crippen molar-refractivity contribution in [1.29, 1.82) is 0 Å². The van der Waals surface area contributed by atoms with Gasteiger partial charge >= 0.3 is 0 Å². The first-order valence-corrected chi connectivity index (χ1v) is 5.58. The molecule has 78 valence electrons. The largest absolute Gasteiger partial charge is 0.325 e. The van der Waals surface area contributed by atoms with Crippen molar-refractivity contribution in [2.45, 2.75) is 6.54 Å². The third-order valence-corrected chi connectivity index (χ3v) is 3.20. The van der Waals surface area contributed by atoms with Gasteiger partial charge in [-0.3, -0.25) is 5.10 Å². The zero-order valence-electron chi connectivity index (χ0n) is 7.80. The third kappa shape index (κ3) is 2.07. The van der Waals surface area contributed by atoms with E-state index in [9.17, 15) is 0 Å². The number of aromatic amines is 1. The quantitative estimate of drug-likeness (QED) is 0.892. The van der Waals surface area contributed by atoms with Gasteiger partial charge in [0.05, 0.1) is 10.2 Å². The highest BCUT2D eigenvalue weighted by Gasteiger charge is 2.10. The molecule has 0 aliphatic heterocycles. The van der Waals surface area contributed by atoms with Gasteiger partial charge in [-0.05, 0) is 28.1 Å². The first-order valence-electron chi connectivity index (χ1n) is 4.41. The van der Waals surface area contributed by atoms with Crippen LogP contribution in [0.1, 0.15) is 5.69 Å². The van der Waals surface area contributed by atoms with Crippen LogP contribution in [0.2, 0.25) is 5.02 Å². The minimum Gasteiger partial charge on any atom is -0.325 e. The summed E-state index contributed by atoms with van der Waals surface area (Å²) in [5, 5.41) is 7.79. The Hall–Kier alpha value is -0.840. The molecule has 0 radical (unpaired) electrons. The highest BCUT2D eigenvalue weighted by atomic mass is 79.9. The Bertz CT molecular complexity index is 464. The molecule has 0 saturated heterocycles. The molecule has 1 heterocycles. The molecule has 2 aromatic rings. The minimum atomic E-state index is 0.432. The van der Waals surface area contributed by atoms with Crippen LogP contribution in [0.3, 0.4) is 0 Å². The molecule has 1 aromatic heterocycles. The van der Waals surface area contributed by atoms with E-state index in [1.165, 1.54) is 0 Å². The molecular weight excluding hydrogens is 277 g/mol. The second kappa shape index (κ2) is 4.35. The van der Waals surface area contributed by atoms with E-state index >= 15 is 0 Å².